The smallest absolute Gasteiger partial charge is 0.242 e. The Morgan fingerprint density at radius 2 is 1.51 bits per heavy atom. The number of ether oxygens (including phenoxy) is 2. The largest absolute Gasteiger partial charge is 0.454 e. The highest BCUT2D eigenvalue weighted by Crippen LogP contribution is 2.38. The Balaban J connectivity index is 1.28. The van der Waals surface area contributed by atoms with Gasteiger partial charge in [0.2, 0.25) is 18.6 Å². The van der Waals surface area contributed by atoms with Gasteiger partial charge in [0.1, 0.15) is 5.25 Å². The fourth-order valence-corrected chi connectivity index (χ4v) is 5.47. The third kappa shape index (κ3) is 5.80. The van der Waals surface area contributed by atoms with E-state index < -0.39 is 5.25 Å². The third-order valence-electron chi connectivity index (χ3n) is 6.33. The quantitative estimate of drug-likeness (QED) is 0.376. The maximum atomic E-state index is 13.3. The predicted molar refractivity (Wildman–Crippen MR) is 138 cm³/mol. The average Bonchev–Trinajstić information content (AvgIpc) is 3.37. The topological polar surface area (TPSA) is 76.7 Å². The van der Waals surface area contributed by atoms with E-state index >= 15 is 0 Å². The number of carbonyl (C=O) groups is 2. The lowest BCUT2D eigenvalue weighted by molar-refractivity contribution is -0.120. The third-order valence-corrected chi connectivity index (χ3v) is 7.60. The van der Waals surface area contributed by atoms with Crippen LogP contribution in [0, 0.1) is 5.92 Å². The zero-order valence-electron chi connectivity index (χ0n) is 19.4. The highest BCUT2D eigenvalue weighted by Gasteiger charge is 2.24. The molecule has 0 aromatic heterocycles. The van der Waals surface area contributed by atoms with Crippen molar-refractivity contribution in [3.05, 3.63) is 78.4 Å². The molecular formula is C28H28N2O4S. The van der Waals surface area contributed by atoms with Gasteiger partial charge in [-0.05, 0) is 54.8 Å². The van der Waals surface area contributed by atoms with Gasteiger partial charge >= 0.3 is 0 Å². The highest BCUT2D eigenvalue weighted by molar-refractivity contribution is 8.00. The van der Waals surface area contributed by atoms with Crippen LogP contribution in [0.15, 0.2) is 77.7 Å². The van der Waals surface area contributed by atoms with E-state index in [0.717, 1.165) is 41.8 Å². The summed E-state index contributed by atoms with van der Waals surface area (Å²) >= 11 is 1.47. The van der Waals surface area contributed by atoms with Gasteiger partial charge in [-0.2, -0.15) is 0 Å². The van der Waals surface area contributed by atoms with Gasteiger partial charge in [0, 0.05) is 28.3 Å². The van der Waals surface area contributed by atoms with Gasteiger partial charge in [-0.1, -0.05) is 49.6 Å². The Kier molecular flexibility index (Phi) is 7.23. The maximum absolute atomic E-state index is 13.3. The second-order valence-electron chi connectivity index (χ2n) is 8.81. The summed E-state index contributed by atoms with van der Waals surface area (Å²) in [6.07, 6.45) is 5.42. The number of thioether (sulfide) groups is 1. The minimum Gasteiger partial charge on any atom is -0.454 e. The van der Waals surface area contributed by atoms with E-state index in [1.54, 1.807) is 12.1 Å². The first-order valence-corrected chi connectivity index (χ1v) is 12.9. The van der Waals surface area contributed by atoms with Crippen molar-refractivity contribution >= 4 is 35.0 Å². The normalized spacial score (nSPS) is 15.9. The van der Waals surface area contributed by atoms with Crippen molar-refractivity contribution < 1.29 is 19.1 Å². The number of nitrogens with one attached hydrogen (secondary N) is 2. The molecule has 1 atom stereocenters. The molecule has 5 rings (SSSR count). The minimum atomic E-state index is -0.454. The summed E-state index contributed by atoms with van der Waals surface area (Å²) in [5.74, 6) is 1.38. The fraction of sp³-hybridized carbons (Fsp3) is 0.286. The van der Waals surface area contributed by atoms with Crippen LogP contribution in [0.25, 0.3) is 0 Å². The molecule has 7 heteroatoms. The Labute approximate surface area is 209 Å². The fourth-order valence-electron chi connectivity index (χ4n) is 4.44. The number of benzene rings is 3. The Morgan fingerprint density at radius 1 is 0.800 bits per heavy atom. The predicted octanol–water partition coefficient (Wildman–Crippen LogP) is 6.41. The summed E-state index contributed by atoms with van der Waals surface area (Å²) in [4.78, 5) is 26.8. The van der Waals surface area contributed by atoms with Crippen LogP contribution in [0.2, 0.25) is 0 Å². The van der Waals surface area contributed by atoms with E-state index in [1.807, 2.05) is 60.7 Å². The second kappa shape index (κ2) is 10.9. The molecule has 1 aliphatic carbocycles. The number of hydrogen-bond donors (Lipinski definition) is 2. The van der Waals surface area contributed by atoms with Crippen molar-refractivity contribution in [1.82, 2.24) is 0 Å². The minimum absolute atomic E-state index is 0.107. The van der Waals surface area contributed by atoms with Crippen LogP contribution in [-0.4, -0.2) is 18.6 Å². The van der Waals surface area contributed by atoms with E-state index in [1.165, 1.54) is 18.2 Å². The molecule has 35 heavy (non-hydrogen) atoms. The summed E-state index contributed by atoms with van der Waals surface area (Å²) < 4.78 is 10.8. The molecule has 0 bridgehead atoms. The number of fused-ring (bicyclic) bond motifs is 1. The van der Waals surface area contributed by atoms with Gasteiger partial charge in [-0.25, -0.2) is 0 Å². The molecule has 2 aliphatic rings. The van der Waals surface area contributed by atoms with Gasteiger partial charge in [-0.15, -0.1) is 11.8 Å². The van der Waals surface area contributed by atoms with Crippen LogP contribution in [-0.2, 0) is 9.59 Å². The van der Waals surface area contributed by atoms with Gasteiger partial charge < -0.3 is 20.1 Å². The van der Waals surface area contributed by atoms with E-state index in [0.29, 0.717) is 17.2 Å². The van der Waals surface area contributed by atoms with Crippen molar-refractivity contribution in [1.29, 1.82) is 0 Å². The first-order chi connectivity index (χ1) is 17.2. The molecule has 0 saturated heterocycles. The first kappa shape index (κ1) is 23.3. The monoisotopic (exact) mass is 488 g/mol. The summed E-state index contributed by atoms with van der Waals surface area (Å²) in [5.41, 5.74) is 2.35. The highest BCUT2D eigenvalue weighted by atomic mass is 32.2. The van der Waals surface area contributed by atoms with E-state index in [4.69, 9.17) is 9.47 Å². The van der Waals surface area contributed by atoms with Crippen LogP contribution in [0.1, 0.15) is 42.9 Å². The van der Waals surface area contributed by atoms with Crippen molar-refractivity contribution in [2.45, 2.75) is 42.2 Å². The molecule has 3 aromatic carbocycles. The molecular weight excluding hydrogens is 460 g/mol. The van der Waals surface area contributed by atoms with Gasteiger partial charge in [0.05, 0.1) is 0 Å². The average molecular weight is 489 g/mol. The number of anilines is 2. The molecule has 3 aromatic rings. The van der Waals surface area contributed by atoms with Crippen molar-refractivity contribution in [3.8, 4) is 11.5 Å². The van der Waals surface area contributed by atoms with Crippen LogP contribution < -0.4 is 20.1 Å². The van der Waals surface area contributed by atoms with E-state index in [-0.39, 0.29) is 24.5 Å². The van der Waals surface area contributed by atoms with Crippen molar-refractivity contribution in [3.63, 3.8) is 0 Å². The Hall–Kier alpha value is -3.45. The summed E-state index contributed by atoms with van der Waals surface area (Å²) in [6, 6.07) is 22.8. The molecule has 1 fully saturated rings. The second-order valence-corrected chi connectivity index (χ2v) is 9.99. The SMILES string of the molecule is O=C(Nc1ccc(SC(C(=O)Nc2ccc3c(c2)OCO3)c2ccccc2)cc1)C1CCCCC1. The van der Waals surface area contributed by atoms with Crippen LogP contribution in [0.4, 0.5) is 11.4 Å². The van der Waals surface area contributed by atoms with Gasteiger partial charge in [0.25, 0.3) is 0 Å². The molecule has 0 radical (unpaired) electrons. The lowest BCUT2D eigenvalue weighted by Crippen LogP contribution is -2.24. The van der Waals surface area contributed by atoms with E-state index in [9.17, 15) is 9.59 Å². The van der Waals surface area contributed by atoms with Gasteiger partial charge in [-0.3, -0.25) is 9.59 Å². The molecule has 2 amide bonds. The van der Waals surface area contributed by atoms with Crippen LogP contribution in [0.3, 0.4) is 0 Å². The Morgan fingerprint density at radius 3 is 2.29 bits per heavy atom. The first-order valence-electron chi connectivity index (χ1n) is 12.0. The van der Waals surface area contributed by atoms with Crippen LogP contribution >= 0.6 is 11.8 Å². The van der Waals surface area contributed by atoms with E-state index in [2.05, 4.69) is 10.6 Å². The zero-order valence-corrected chi connectivity index (χ0v) is 20.2. The summed E-state index contributed by atoms with van der Waals surface area (Å²) in [6.45, 7) is 0.187. The summed E-state index contributed by atoms with van der Waals surface area (Å²) in [7, 11) is 0. The lowest BCUT2D eigenvalue weighted by atomic mass is 9.88. The Bertz CT molecular complexity index is 1180. The number of hydrogen-bond acceptors (Lipinski definition) is 5. The lowest BCUT2D eigenvalue weighted by Gasteiger charge is -2.21. The summed E-state index contributed by atoms with van der Waals surface area (Å²) in [5, 5.41) is 5.61. The van der Waals surface area contributed by atoms with Crippen molar-refractivity contribution in [2.75, 3.05) is 17.4 Å². The standard InChI is InChI=1S/C28H28N2O4S/c31-27(20-9-5-2-6-10-20)29-21-11-14-23(15-12-21)35-26(19-7-3-1-4-8-19)28(32)30-22-13-16-24-25(17-22)34-18-33-24/h1,3-4,7-8,11-17,20,26H,2,5-6,9-10,18H2,(H,29,31)(H,30,32). The molecule has 180 valence electrons. The molecule has 1 heterocycles. The molecule has 2 N–H and O–H groups in total. The molecule has 1 unspecified atom stereocenters. The number of amides is 2. The maximum Gasteiger partial charge on any atom is 0.242 e. The molecule has 6 nitrogen and oxygen atoms in total. The molecule has 1 saturated carbocycles. The van der Waals surface area contributed by atoms with Gasteiger partial charge in [0.15, 0.2) is 11.5 Å². The zero-order chi connectivity index (χ0) is 24.0. The number of carbonyl (C=O) groups excluding carboxylic acids is 2. The van der Waals surface area contributed by atoms with Crippen molar-refractivity contribution in [2.24, 2.45) is 5.92 Å². The van der Waals surface area contributed by atoms with Crippen LogP contribution in [0.5, 0.6) is 11.5 Å². The molecule has 0 spiro atoms. The number of rotatable bonds is 7. The molecule has 1 aliphatic heterocycles.